The van der Waals surface area contributed by atoms with Crippen molar-refractivity contribution in [2.45, 2.75) is 85.4 Å². The first-order valence-corrected chi connectivity index (χ1v) is 19.9. The number of hydrogen-bond acceptors (Lipinski definition) is 6. The highest BCUT2D eigenvalue weighted by atomic mass is 16.5. The lowest BCUT2D eigenvalue weighted by Gasteiger charge is -2.33. The van der Waals surface area contributed by atoms with E-state index in [1.807, 2.05) is 79.7 Å². The number of ether oxygens (including phenoxy) is 2. The maximum Gasteiger partial charge on any atom is 0.237 e. The van der Waals surface area contributed by atoms with E-state index >= 15 is 0 Å². The summed E-state index contributed by atoms with van der Waals surface area (Å²) >= 11 is 0. The predicted octanol–water partition coefficient (Wildman–Crippen LogP) is 11.7. The summed E-state index contributed by atoms with van der Waals surface area (Å²) in [7, 11) is 0. The van der Waals surface area contributed by atoms with Crippen molar-refractivity contribution >= 4 is 11.8 Å². The van der Waals surface area contributed by atoms with Crippen LogP contribution in [0, 0.1) is 34.6 Å². The molecule has 1 unspecified atom stereocenters. The van der Waals surface area contributed by atoms with Crippen LogP contribution in [0.3, 0.4) is 0 Å². The maximum atomic E-state index is 9.69. The molecule has 3 aromatic rings. The molecule has 0 fully saturated rings. The number of nitriles is 2. The molecule has 1 heterocycles. The van der Waals surface area contributed by atoms with Crippen LogP contribution >= 0.6 is 0 Å². The molecule has 0 spiro atoms. The van der Waals surface area contributed by atoms with Gasteiger partial charge in [-0.05, 0) is 91.3 Å². The van der Waals surface area contributed by atoms with Crippen molar-refractivity contribution in [1.29, 1.82) is 10.5 Å². The van der Waals surface area contributed by atoms with Gasteiger partial charge in [-0.3, -0.25) is 0 Å². The minimum Gasteiger partial charge on any atom is -0.488 e. The van der Waals surface area contributed by atoms with Gasteiger partial charge in [-0.1, -0.05) is 118 Å². The molecule has 0 radical (unpaired) electrons. The Morgan fingerprint density at radius 3 is 2.30 bits per heavy atom. The van der Waals surface area contributed by atoms with E-state index in [9.17, 15) is 15.6 Å². The second kappa shape index (κ2) is 19.7. The van der Waals surface area contributed by atoms with Crippen molar-refractivity contribution in [2.75, 3.05) is 24.6 Å². The predicted molar refractivity (Wildman–Crippen MR) is 229 cm³/mol. The van der Waals surface area contributed by atoms with Crippen LogP contribution in [-0.4, -0.2) is 24.8 Å². The van der Waals surface area contributed by atoms with Gasteiger partial charge >= 0.3 is 0 Å². The van der Waals surface area contributed by atoms with Gasteiger partial charge in [-0.15, -0.1) is 0 Å². The number of benzene rings is 3. The molecule has 7 nitrogen and oxygen atoms in total. The van der Waals surface area contributed by atoms with Crippen LogP contribution in [0.4, 0.5) is 5.69 Å². The average molecular weight is 759 g/mol. The van der Waals surface area contributed by atoms with Gasteiger partial charge < -0.3 is 19.5 Å². The number of anilines is 1. The van der Waals surface area contributed by atoms with Crippen molar-refractivity contribution in [3.8, 4) is 17.9 Å². The van der Waals surface area contributed by atoms with Gasteiger partial charge in [0.25, 0.3) is 0 Å². The number of rotatable bonds is 16. The molecule has 1 aliphatic carbocycles. The third-order valence-corrected chi connectivity index (χ3v) is 10.7. The van der Waals surface area contributed by atoms with Gasteiger partial charge in [-0.2, -0.15) is 10.5 Å². The monoisotopic (exact) mass is 758 g/mol. The molecule has 7 heteroatoms. The largest absolute Gasteiger partial charge is 0.488 e. The lowest BCUT2D eigenvalue weighted by atomic mass is 9.72. The van der Waals surface area contributed by atoms with Crippen LogP contribution in [-0.2, 0) is 16.9 Å². The smallest absolute Gasteiger partial charge is 0.237 e. The average Bonchev–Trinajstić information content (AvgIpc) is 3.51. The highest BCUT2D eigenvalue weighted by molar-refractivity contribution is 5.66. The summed E-state index contributed by atoms with van der Waals surface area (Å²) in [6.45, 7) is 21.4. The molecule has 0 aromatic heterocycles. The van der Waals surface area contributed by atoms with Crippen LogP contribution in [0.1, 0.15) is 89.8 Å². The third kappa shape index (κ3) is 10.4. The minimum atomic E-state index is -1.06. The first-order valence-electron chi connectivity index (χ1n) is 19.9. The molecule has 3 aromatic carbocycles. The fraction of sp³-hybridized carbons (Fsp3) is 0.340. The summed E-state index contributed by atoms with van der Waals surface area (Å²) in [6.07, 6.45) is 16.1. The zero-order valence-electron chi connectivity index (χ0n) is 34.0. The first kappa shape index (κ1) is 42.1. The number of nitrogens with zero attached hydrogens (tertiary/aromatic N) is 4. The molecule has 0 saturated carbocycles. The van der Waals surface area contributed by atoms with Crippen LogP contribution < -0.4 is 9.64 Å². The fourth-order valence-corrected chi connectivity index (χ4v) is 7.51. The Balaban J connectivity index is 1.51. The highest BCUT2D eigenvalue weighted by Crippen LogP contribution is 2.48. The topological polar surface area (TPSA) is 93.9 Å². The number of allylic oxidation sites excluding steroid dienone is 7. The zero-order chi connectivity index (χ0) is 40.8. The SMILES string of the molecule is [C-]#[N+]C1=C(/C=C/C=C2\CC(C)(C)CC(/C=C/c3ccc(N(CCCC)CCCCO)cc3OCc3ccccc3)=C2C)C(C)(c2ccccc2)OC1=C(C#N)C#N. The second-order valence-corrected chi connectivity index (χ2v) is 15.6. The van der Waals surface area contributed by atoms with Crippen molar-refractivity contribution in [3.63, 3.8) is 0 Å². The molecule has 57 heavy (non-hydrogen) atoms. The maximum absolute atomic E-state index is 9.69. The van der Waals surface area contributed by atoms with Gasteiger partial charge in [0.1, 0.15) is 30.1 Å². The Morgan fingerprint density at radius 1 is 0.930 bits per heavy atom. The van der Waals surface area contributed by atoms with E-state index in [0.29, 0.717) is 12.2 Å². The van der Waals surface area contributed by atoms with E-state index in [2.05, 4.69) is 86.0 Å². The van der Waals surface area contributed by atoms with Gasteiger partial charge in [0.15, 0.2) is 11.3 Å². The molecule has 2 aliphatic rings. The molecule has 0 saturated heterocycles. The second-order valence-electron chi connectivity index (χ2n) is 15.6. The summed E-state index contributed by atoms with van der Waals surface area (Å²) in [6, 6.07) is 30.1. The molecule has 1 N–H and O–H groups in total. The fourth-order valence-electron chi connectivity index (χ4n) is 7.51. The molecule has 1 aliphatic heterocycles. The molecule has 5 rings (SSSR count). The number of unbranched alkanes of at least 4 members (excludes halogenated alkanes) is 2. The zero-order valence-corrected chi connectivity index (χ0v) is 34.0. The normalized spacial score (nSPS) is 18.4. The summed E-state index contributed by atoms with van der Waals surface area (Å²) in [5, 5.41) is 28.8. The Bertz CT molecular complexity index is 2190. The molecule has 1 atom stereocenters. The lowest BCUT2D eigenvalue weighted by Crippen LogP contribution is -2.25. The molecule has 0 bridgehead atoms. The Morgan fingerprint density at radius 2 is 1.63 bits per heavy atom. The van der Waals surface area contributed by atoms with Crippen molar-refractivity contribution in [2.24, 2.45) is 5.41 Å². The summed E-state index contributed by atoms with van der Waals surface area (Å²) in [5.74, 6) is 0.850. The van der Waals surface area contributed by atoms with E-state index in [0.717, 1.165) is 79.7 Å². The standard InChI is InChI=1S/C50H54N4O3/c1-7-8-28-54(29-15-16-30-55)44-27-26-39(46(31-44)56-36-38-18-11-9-12-19-38)24-25-41-33-49(3,4)32-40(37(41)2)20-17-23-45-47(53-6)48(42(34-51)35-52)57-50(45,5)43-21-13-10-14-22-43/h9-14,17-27,31,55H,7-8,15-16,28-30,32-33,36H2,1-5H3/b23-17+,25-24+,40-20+. The highest BCUT2D eigenvalue weighted by Gasteiger charge is 2.43. The number of aliphatic hydroxyl groups excluding tert-OH is 1. The number of hydrogen-bond donors (Lipinski definition) is 1. The summed E-state index contributed by atoms with van der Waals surface area (Å²) in [5.41, 5.74) is 7.21. The molecule has 0 amide bonds. The molecule has 292 valence electrons. The van der Waals surface area contributed by atoms with Crippen molar-refractivity contribution in [3.05, 3.63) is 171 Å². The van der Waals surface area contributed by atoms with Crippen molar-refractivity contribution in [1.82, 2.24) is 0 Å². The quantitative estimate of drug-likeness (QED) is 0.0888. The van der Waals surface area contributed by atoms with Crippen LogP contribution in [0.25, 0.3) is 10.9 Å². The van der Waals surface area contributed by atoms with E-state index < -0.39 is 5.60 Å². The van der Waals surface area contributed by atoms with E-state index in [1.165, 1.54) is 16.7 Å². The van der Waals surface area contributed by atoms with Crippen LogP contribution in [0.15, 0.2) is 142 Å². The first-order chi connectivity index (χ1) is 27.6. The lowest BCUT2D eigenvalue weighted by molar-refractivity contribution is 0.0754. The summed E-state index contributed by atoms with van der Waals surface area (Å²) in [4.78, 5) is 6.18. The third-order valence-electron chi connectivity index (χ3n) is 10.7. The van der Waals surface area contributed by atoms with E-state index in [-0.39, 0.29) is 29.1 Å². The summed E-state index contributed by atoms with van der Waals surface area (Å²) < 4.78 is 12.9. The van der Waals surface area contributed by atoms with Crippen LogP contribution in [0.2, 0.25) is 0 Å². The van der Waals surface area contributed by atoms with Gasteiger partial charge in [0.05, 0.1) is 6.57 Å². The molecular formula is C50H54N4O3. The number of aliphatic hydroxyl groups is 1. The Kier molecular flexibility index (Phi) is 14.5. The molecular weight excluding hydrogens is 705 g/mol. The Labute approximate surface area is 339 Å². The van der Waals surface area contributed by atoms with Gasteiger partial charge in [0.2, 0.25) is 5.70 Å². The Hall–Kier alpha value is -6.07. The van der Waals surface area contributed by atoms with E-state index in [1.54, 1.807) is 0 Å². The van der Waals surface area contributed by atoms with E-state index in [4.69, 9.17) is 16.0 Å². The van der Waals surface area contributed by atoms with Crippen LogP contribution in [0.5, 0.6) is 5.75 Å². The minimum absolute atomic E-state index is 0.00403. The van der Waals surface area contributed by atoms with Crippen molar-refractivity contribution < 1.29 is 14.6 Å². The van der Waals surface area contributed by atoms with Gasteiger partial charge in [0, 0.05) is 42.6 Å². The van der Waals surface area contributed by atoms with Gasteiger partial charge in [-0.25, -0.2) is 4.85 Å².